The summed E-state index contributed by atoms with van der Waals surface area (Å²) in [6.45, 7) is 7.33. The average Bonchev–Trinajstić information content (AvgIpc) is 2.66. The first-order valence-corrected chi connectivity index (χ1v) is 7.51. The Kier molecular flexibility index (Phi) is 5.14. The predicted octanol–water partition coefficient (Wildman–Crippen LogP) is 3.96. The van der Waals surface area contributed by atoms with Crippen molar-refractivity contribution < 1.29 is 4.39 Å². The third kappa shape index (κ3) is 3.80. The van der Waals surface area contributed by atoms with Crippen LogP contribution in [0.3, 0.4) is 0 Å². The van der Waals surface area contributed by atoms with Crippen LogP contribution in [0.2, 0.25) is 0 Å². The Labute approximate surface area is 121 Å². The van der Waals surface area contributed by atoms with Crippen molar-refractivity contribution in [2.45, 2.75) is 39.7 Å². The highest BCUT2D eigenvalue weighted by molar-refractivity contribution is 5.32. The van der Waals surface area contributed by atoms with Crippen molar-refractivity contribution in [3.8, 4) is 6.07 Å². The molecule has 1 aromatic carbocycles. The first-order valence-electron chi connectivity index (χ1n) is 7.51. The summed E-state index contributed by atoms with van der Waals surface area (Å²) in [6.07, 6.45) is 3.68. The van der Waals surface area contributed by atoms with E-state index in [0.29, 0.717) is 17.7 Å². The molecule has 0 aliphatic carbocycles. The molecule has 2 rings (SSSR count). The minimum atomic E-state index is -0.256. The Balaban J connectivity index is 1.98. The van der Waals surface area contributed by atoms with Crippen LogP contribution >= 0.6 is 0 Å². The van der Waals surface area contributed by atoms with Crippen LogP contribution in [0.4, 0.5) is 4.39 Å². The Morgan fingerprint density at radius 2 is 2.15 bits per heavy atom. The van der Waals surface area contributed by atoms with Gasteiger partial charge in [-0.2, -0.15) is 5.26 Å². The van der Waals surface area contributed by atoms with Crippen LogP contribution < -0.4 is 0 Å². The minimum absolute atomic E-state index is 0.256. The van der Waals surface area contributed by atoms with Gasteiger partial charge in [-0.1, -0.05) is 19.9 Å². The number of benzene rings is 1. The standard InChI is InChI=1S/C17H23FN2/c1-13(2)15-4-3-8-20(9-7-15)12-16-6-5-14(11-19)10-17(16)18/h5-6,10,13,15H,3-4,7-9,12H2,1-2H3. The molecule has 3 heteroatoms. The van der Waals surface area contributed by atoms with E-state index in [4.69, 9.17) is 5.26 Å². The SMILES string of the molecule is CC(C)C1CCCN(Cc2ccc(C#N)cc2F)CC1. The van der Waals surface area contributed by atoms with E-state index in [1.54, 1.807) is 12.1 Å². The molecule has 1 aliphatic heterocycles. The van der Waals surface area contributed by atoms with E-state index < -0.39 is 0 Å². The molecule has 0 radical (unpaired) electrons. The summed E-state index contributed by atoms with van der Waals surface area (Å²) in [5, 5.41) is 8.77. The van der Waals surface area contributed by atoms with Crippen molar-refractivity contribution in [1.82, 2.24) is 4.90 Å². The number of nitrogens with zero attached hydrogens (tertiary/aromatic N) is 2. The molecule has 1 unspecified atom stereocenters. The fourth-order valence-corrected chi connectivity index (χ4v) is 2.99. The maximum Gasteiger partial charge on any atom is 0.129 e. The lowest BCUT2D eigenvalue weighted by atomic mass is 9.89. The van der Waals surface area contributed by atoms with Gasteiger partial charge in [0.1, 0.15) is 5.82 Å². The Morgan fingerprint density at radius 1 is 1.35 bits per heavy atom. The van der Waals surface area contributed by atoms with Crippen LogP contribution in [0.1, 0.15) is 44.2 Å². The average molecular weight is 274 g/mol. The highest BCUT2D eigenvalue weighted by Gasteiger charge is 2.20. The molecule has 1 fully saturated rings. The number of halogens is 1. The van der Waals surface area contributed by atoms with Crippen molar-refractivity contribution in [2.75, 3.05) is 13.1 Å². The second-order valence-electron chi connectivity index (χ2n) is 6.13. The van der Waals surface area contributed by atoms with Gasteiger partial charge in [-0.25, -0.2) is 4.39 Å². The molecule has 1 heterocycles. The third-order valence-corrected chi connectivity index (χ3v) is 4.38. The first kappa shape index (κ1) is 15.0. The lowest BCUT2D eigenvalue weighted by molar-refractivity contribution is 0.261. The molecular formula is C17H23FN2. The highest BCUT2D eigenvalue weighted by atomic mass is 19.1. The molecule has 1 aliphatic rings. The van der Waals surface area contributed by atoms with E-state index in [-0.39, 0.29) is 5.82 Å². The predicted molar refractivity (Wildman–Crippen MR) is 78.6 cm³/mol. The van der Waals surface area contributed by atoms with Crippen molar-refractivity contribution >= 4 is 0 Å². The van der Waals surface area contributed by atoms with E-state index in [2.05, 4.69) is 18.7 Å². The maximum absolute atomic E-state index is 13.9. The van der Waals surface area contributed by atoms with Gasteiger partial charge in [0.15, 0.2) is 0 Å². The minimum Gasteiger partial charge on any atom is -0.299 e. The Hall–Kier alpha value is -1.40. The monoisotopic (exact) mass is 274 g/mol. The van der Waals surface area contributed by atoms with Gasteiger partial charge in [-0.05, 0) is 56.3 Å². The van der Waals surface area contributed by atoms with E-state index in [9.17, 15) is 4.39 Å². The summed E-state index contributed by atoms with van der Waals surface area (Å²) in [5.74, 6) is 1.28. The Bertz CT molecular complexity index is 490. The highest BCUT2D eigenvalue weighted by Crippen LogP contribution is 2.25. The van der Waals surface area contributed by atoms with Gasteiger partial charge < -0.3 is 0 Å². The smallest absolute Gasteiger partial charge is 0.129 e. The van der Waals surface area contributed by atoms with Crippen LogP contribution in [0, 0.1) is 29.0 Å². The number of likely N-dealkylation sites (tertiary alicyclic amines) is 1. The van der Waals surface area contributed by atoms with Gasteiger partial charge in [0.2, 0.25) is 0 Å². The molecule has 0 N–H and O–H groups in total. The van der Waals surface area contributed by atoms with Crippen molar-refractivity contribution in [3.63, 3.8) is 0 Å². The first-order chi connectivity index (χ1) is 9.60. The van der Waals surface area contributed by atoms with Crippen LogP contribution in [0.25, 0.3) is 0 Å². The molecule has 2 nitrogen and oxygen atoms in total. The lowest BCUT2D eigenvalue weighted by Gasteiger charge is -2.21. The largest absolute Gasteiger partial charge is 0.299 e. The molecule has 0 amide bonds. The normalized spacial score (nSPS) is 20.6. The summed E-state index contributed by atoms with van der Waals surface area (Å²) < 4.78 is 13.9. The van der Waals surface area contributed by atoms with E-state index >= 15 is 0 Å². The van der Waals surface area contributed by atoms with E-state index in [0.717, 1.165) is 24.9 Å². The van der Waals surface area contributed by atoms with Gasteiger partial charge in [-0.3, -0.25) is 4.90 Å². The van der Waals surface area contributed by atoms with Gasteiger partial charge in [0.25, 0.3) is 0 Å². The van der Waals surface area contributed by atoms with E-state index in [1.165, 1.54) is 25.3 Å². The number of nitriles is 1. The zero-order valence-electron chi connectivity index (χ0n) is 12.4. The zero-order valence-corrected chi connectivity index (χ0v) is 12.4. The molecule has 0 saturated carbocycles. The van der Waals surface area contributed by atoms with Crippen LogP contribution in [0.5, 0.6) is 0 Å². The quantitative estimate of drug-likeness (QED) is 0.834. The molecule has 0 spiro atoms. The molecule has 108 valence electrons. The fraction of sp³-hybridized carbons (Fsp3) is 0.588. The molecule has 20 heavy (non-hydrogen) atoms. The number of rotatable bonds is 3. The van der Waals surface area contributed by atoms with Crippen LogP contribution in [0.15, 0.2) is 18.2 Å². The van der Waals surface area contributed by atoms with Crippen molar-refractivity contribution in [3.05, 3.63) is 35.1 Å². The fourth-order valence-electron chi connectivity index (χ4n) is 2.99. The maximum atomic E-state index is 13.9. The molecule has 0 bridgehead atoms. The second-order valence-corrected chi connectivity index (χ2v) is 6.13. The number of hydrogen-bond acceptors (Lipinski definition) is 2. The van der Waals surface area contributed by atoms with Gasteiger partial charge in [0.05, 0.1) is 11.6 Å². The van der Waals surface area contributed by atoms with Crippen molar-refractivity contribution in [2.24, 2.45) is 11.8 Å². The molecule has 0 aromatic heterocycles. The topological polar surface area (TPSA) is 27.0 Å². The Morgan fingerprint density at radius 3 is 2.80 bits per heavy atom. The summed E-state index contributed by atoms with van der Waals surface area (Å²) in [4.78, 5) is 2.34. The van der Waals surface area contributed by atoms with E-state index in [1.807, 2.05) is 6.07 Å². The van der Waals surface area contributed by atoms with Crippen LogP contribution in [-0.4, -0.2) is 18.0 Å². The molecular weight excluding hydrogens is 251 g/mol. The molecule has 1 saturated heterocycles. The van der Waals surface area contributed by atoms with Gasteiger partial charge >= 0.3 is 0 Å². The van der Waals surface area contributed by atoms with Gasteiger partial charge in [0, 0.05) is 12.1 Å². The summed E-state index contributed by atoms with van der Waals surface area (Å²) in [5.41, 5.74) is 1.09. The molecule has 1 aromatic rings. The summed E-state index contributed by atoms with van der Waals surface area (Å²) in [7, 11) is 0. The lowest BCUT2D eigenvalue weighted by Crippen LogP contribution is -2.25. The van der Waals surface area contributed by atoms with Crippen LogP contribution in [-0.2, 0) is 6.54 Å². The number of hydrogen-bond donors (Lipinski definition) is 0. The summed E-state index contributed by atoms with van der Waals surface area (Å²) in [6, 6.07) is 6.76. The second kappa shape index (κ2) is 6.85. The zero-order chi connectivity index (χ0) is 14.5. The van der Waals surface area contributed by atoms with Gasteiger partial charge in [-0.15, -0.1) is 0 Å². The molecule has 1 atom stereocenters. The van der Waals surface area contributed by atoms with Crippen molar-refractivity contribution in [1.29, 1.82) is 5.26 Å². The summed E-state index contributed by atoms with van der Waals surface area (Å²) >= 11 is 0. The third-order valence-electron chi connectivity index (χ3n) is 4.38.